The van der Waals surface area contributed by atoms with Gasteiger partial charge in [0.25, 0.3) is 0 Å². The molecule has 4 heteroatoms. The summed E-state index contributed by atoms with van der Waals surface area (Å²) in [5.41, 5.74) is 4.77. The van der Waals surface area contributed by atoms with Gasteiger partial charge < -0.3 is 5.32 Å². The zero-order valence-electron chi connectivity index (χ0n) is 13.5. The Hall–Kier alpha value is -2.75. The largest absolute Gasteiger partial charge is 0.361 e. The Labute approximate surface area is 142 Å². The first-order valence-corrected chi connectivity index (χ1v) is 8.44. The van der Waals surface area contributed by atoms with Crippen LogP contribution < -0.4 is 5.32 Å². The zero-order chi connectivity index (χ0) is 16.2. The molecule has 1 atom stereocenters. The highest BCUT2D eigenvalue weighted by Crippen LogP contribution is 2.29. The van der Waals surface area contributed by atoms with Crippen molar-refractivity contribution in [3.63, 3.8) is 0 Å². The number of aryl methyl sites for hydroxylation is 1. The number of nitrogens with one attached hydrogen (secondary N) is 1. The molecule has 0 spiro atoms. The smallest absolute Gasteiger partial charge is 0.133 e. The molecular weight excluding hydrogens is 296 g/mol. The van der Waals surface area contributed by atoms with E-state index in [9.17, 15) is 0 Å². The van der Waals surface area contributed by atoms with Gasteiger partial charge in [-0.3, -0.25) is 4.98 Å². The van der Waals surface area contributed by atoms with E-state index >= 15 is 0 Å². The molecule has 3 aromatic rings. The molecule has 120 valence electrons. The van der Waals surface area contributed by atoms with E-state index < -0.39 is 0 Å². The summed E-state index contributed by atoms with van der Waals surface area (Å²) in [7, 11) is 0. The topological polar surface area (TPSA) is 50.7 Å². The molecule has 1 aliphatic rings. The number of anilines is 1. The maximum Gasteiger partial charge on any atom is 0.133 e. The molecule has 4 nitrogen and oxygen atoms in total. The SMILES string of the molecule is c1ccc(CC(Nc2ncnc3c2CCC3)c2ccccn2)cc1. The highest BCUT2D eigenvalue weighted by Gasteiger charge is 2.20. The Morgan fingerprint density at radius 2 is 1.79 bits per heavy atom. The molecule has 1 aromatic carbocycles. The summed E-state index contributed by atoms with van der Waals surface area (Å²) in [6.45, 7) is 0. The Bertz CT molecular complexity index is 802. The molecule has 0 fully saturated rings. The van der Waals surface area contributed by atoms with Crippen molar-refractivity contribution >= 4 is 5.82 Å². The third-order valence-corrected chi connectivity index (χ3v) is 4.51. The minimum absolute atomic E-state index is 0.0909. The number of fused-ring (bicyclic) bond motifs is 1. The normalized spacial score (nSPS) is 14.2. The van der Waals surface area contributed by atoms with Crippen molar-refractivity contribution in [3.05, 3.63) is 83.6 Å². The van der Waals surface area contributed by atoms with Gasteiger partial charge in [0.15, 0.2) is 0 Å². The summed E-state index contributed by atoms with van der Waals surface area (Å²) in [4.78, 5) is 13.5. The van der Waals surface area contributed by atoms with Crippen LogP contribution in [0.4, 0.5) is 5.82 Å². The van der Waals surface area contributed by atoms with Gasteiger partial charge in [-0.2, -0.15) is 0 Å². The molecule has 2 aromatic heterocycles. The summed E-state index contributed by atoms with van der Waals surface area (Å²) in [5.74, 6) is 0.962. The number of benzene rings is 1. The van der Waals surface area contributed by atoms with Crippen molar-refractivity contribution in [1.29, 1.82) is 0 Å². The maximum atomic E-state index is 4.56. The monoisotopic (exact) mass is 316 g/mol. The van der Waals surface area contributed by atoms with Gasteiger partial charge in [0.05, 0.1) is 11.7 Å². The summed E-state index contributed by atoms with van der Waals surface area (Å²) < 4.78 is 0. The van der Waals surface area contributed by atoms with Gasteiger partial charge in [-0.1, -0.05) is 36.4 Å². The zero-order valence-corrected chi connectivity index (χ0v) is 13.5. The van der Waals surface area contributed by atoms with Gasteiger partial charge in [-0.05, 0) is 43.4 Å². The van der Waals surface area contributed by atoms with Crippen LogP contribution in [-0.4, -0.2) is 15.0 Å². The van der Waals surface area contributed by atoms with Crippen molar-refractivity contribution in [2.75, 3.05) is 5.32 Å². The first-order chi connectivity index (χ1) is 11.9. The van der Waals surface area contributed by atoms with E-state index in [4.69, 9.17) is 0 Å². The molecule has 0 amide bonds. The van der Waals surface area contributed by atoms with Gasteiger partial charge in [0, 0.05) is 17.5 Å². The molecule has 0 radical (unpaired) electrons. The molecule has 2 heterocycles. The number of pyridine rings is 1. The second-order valence-corrected chi connectivity index (χ2v) is 6.14. The number of aromatic nitrogens is 3. The predicted octanol–water partition coefficient (Wildman–Crippen LogP) is 3.76. The van der Waals surface area contributed by atoms with Gasteiger partial charge in [-0.15, -0.1) is 0 Å². The predicted molar refractivity (Wildman–Crippen MR) is 94.8 cm³/mol. The maximum absolute atomic E-state index is 4.56. The van der Waals surface area contributed by atoms with Crippen LogP contribution in [0.3, 0.4) is 0 Å². The average molecular weight is 316 g/mol. The van der Waals surface area contributed by atoms with Crippen molar-refractivity contribution in [2.45, 2.75) is 31.7 Å². The highest BCUT2D eigenvalue weighted by molar-refractivity contribution is 5.49. The summed E-state index contributed by atoms with van der Waals surface area (Å²) in [6, 6.07) is 16.7. The molecule has 1 aliphatic carbocycles. The lowest BCUT2D eigenvalue weighted by Crippen LogP contribution is -2.17. The number of hydrogen-bond donors (Lipinski definition) is 1. The number of nitrogens with zero attached hydrogens (tertiary/aromatic N) is 3. The molecule has 1 unspecified atom stereocenters. The lowest BCUT2D eigenvalue weighted by molar-refractivity contribution is 0.738. The van der Waals surface area contributed by atoms with E-state index in [1.807, 2.05) is 24.4 Å². The van der Waals surface area contributed by atoms with Crippen LogP contribution in [0, 0.1) is 0 Å². The fraction of sp³-hybridized carbons (Fsp3) is 0.250. The molecule has 1 N–H and O–H groups in total. The Balaban J connectivity index is 1.65. The van der Waals surface area contributed by atoms with E-state index in [1.165, 1.54) is 16.8 Å². The van der Waals surface area contributed by atoms with Crippen LogP contribution >= 0.6 is 0 Å². The number of rotatable bonds is 5. The van der Waals surface area contributed by atoms with E-state index in [0.29, 0.717) is 0 Å². The third-order valence-electron chi connectivity index (χ3n) is 4.51. The molecule has 0 bridgehead atoms. The van der Waals surface area contributed by atoms with Gasteiger partial charge >= 0.3 is 0 Å². The van der Waals surface area contributed by atoms with Crippen LogP contribution in [0.2, 0.25) is 0 Å². The molecule has 0 saturated heterocycles. The average Bonchev–Trinajstić information content (AvgIpc) is 3.13. The summed E-state index contributed by atoms with van der Waals surface area (Å²) >= 11 is 0. The second kappa shape index (κ2) is 6.79. The lowest BCUT2D eigenvalue weighted by Gasteiger charge is -2.20. The fourth-order valence-corrected chi connectivity index (χ4v) is 3.31. The summed E-state index contributed by atoms with van der Waals surface area (Å²) in [6.07, 6.45) is 7.66. The fourth-order valence-electron chi connectivity index (χ4n) is 3.31. The lowest BCUT2D eigenvalue weighted by atomic mass is 10.0. The Morgan fingerprint density at radius 1 is 0.917 bits per heavy atom. The Morgan fingerprint density at radius 3 is 2.62 bits per heavy atom. The highest BCUT2D eigenvalue weighted by atomic mass is 15.1. The van der Waals surface area contributed by atoms with Crippen LogP contribution in [-0.2, 0) is 19.3 Å². The minimum Gasteiger partial charge on any atom is -0.361 e. The van der Waals surface area contributed by atoms with Crippen LogP contribution in [0.5, 0.6) is 0 Å². The van der Waals surface area contributed by atoms with Crippen molar-refractivity contribution in [1.82, 2.24) is 15.0 Å². The quantitative estimate of drug-likeness (QED) is 0.779. The molecular formula is C20H20N4. The molecule has 0 aliphatic heterocycles. The van der Waals surface area contributed by atoms with Crippen LogP contribution in [0.25, 0.3) is 0 Å². The molecule has 24 heavy (non-hydrogen) atoms. The van der Waals surface area contributed by atoms with Gasteiger partial charge in [0.2, 0.25) is 0 Å². The first-order valence-electron chi connectivity index (χ1n) is 8.44. The molecule has 4 rings (SSSR count). The standard InChI is InChI=1S/C20H20N4/c1-2-7-15(8-3-1)13-19(18-10-4-5-12-21-18)24-20-16-9-6-11-17(16)22-14-23-20/h1-5,7-8,10,12,14,19H,6,9,11,13H2,(H,22,23,24). The second-order valence-electron chi connectivity index (χ2n) is 6.14. The van der Waals surface area contributed by atoms with Gasteiger partial charge in [0.1, 0.15) is 12.1 Å². The van der Waals surface area contributed by atoms with Crippen LogP contribution in [0.15, 0.2) is 61.1 Å². The van der Waals surface area contributed by atoms with E-state index in [0.717, 1.165) is 37.2 Å². The van der Waals surface area contributed by atoms with Crippen molar-refractivity contribution in [3.8, 4) is 0 Å². The number of hydrogen-bond acceptors (Lipinski definition) is 4. The van der Waals surface area contributed by atoms with E-state index in [1.54, 1.807) is 6.33 Å². The van der Waals surface area contributed by atoms with E-state index in [-0.39, 0.29) is 6.04 Å². The summed E-state index contributed by atoms with van der Waals surface area (Å²) in [5, 5.41) is 3.63. The minimum atomic E-state index is 0.0909. The van der Waals surface area contributed by atoms with Crippen molar-refractivity contribution < 1.29 is 0 Å². The van der Waals surface area contributed by atoms with E-state index in [2.05, 4.69) is 50.6 Å². The van der Waals surface area contributed by atoms with Crippen molar-refractivity contribution in [2.24, 2.45) is 0 Å². The third kappa shape index (κ3) is 3.13. The Kier molecular flexibility index (Phi) is 4.19. The van der Waals surface area contributed by atoms with Gasteiger partial charge in [-0.25, -0.2) is 9.97 Å². The first kappa shape index (κ1) is 14.8. The van der Waals surface area contributed by atoms with Crippen LogP contribution in [0.1, 0.15) is 35.0 Å². The molecule has 0 saturated carbocycles.